The number of hydrogen-bond donors (Lipinski definition) is 2. The molecule has 1 atom stereocenters. The summed E-state index contributed by atoms with van der Waals surface area (Å²) in [5.74, 6) is 4.48. The molecule has 3 N–H and O–H groups in total. The lowest BCUT2D eigenvalue weighted by Gasteiger charge is -2.10. The number of aromatic nitrogens is 5. The van der Waals surface area contributed by atoms with E-state index in [1.54, 1.807) is 6.92 Å². The van der Waals surface area contributed by atoms with Gasteiger partial charge >= 0.3 is 6.18 Å². The smallest absolute Gasteiger partial charge is 0.335 e. The average molecular weight is 438 g/mol. The van der Waals surface area contributed by atoms with Crippen LogP contribution < -0.4 is 11.4 Å². The van der Waals surface area contributed by atoms with Crippen molar-refractivity contribution in [3.05, 3.63) is 57.7 Å². The van der Waals surface area contributed by atoms with E-state index in [4.69, 9.17) is 5.84 Å². The Kier molecular flexibility index (Phi) is 4.82. The van der Waals surface area contributed by atoms with Gasteiger partial charge in [-0.1, -0.05) is 42.1 Å². The maximum Gasteiger partial charge on any atom is 0.453 e. The fraction of sp³-hybridized carbons (Fsp3) is 0.176. The molecule has 3 aromatic heterocycles. The molecule has 1 aromatic carbocycles. The largest absolute Gasteiger partial charge is 0.453 e. The van der Waals surface area contributed by atoms with Gasteiger partial charge in [0.05, 0.1) is 10.6 Å². The van der Waals surface area contributed by atoms with Gasteiger partial charge in [0.1, 0.15) is 10.7 Å². The maximum absolute atomic E-state index is 12.8. The standard InChI is InChI=1S/C17H13F3N6OS2/c1-8(29-16-25-24-15(26(16)21)17(18,19)20)12-22-13(27)11-10(7-28-14(11)23-12)9-5-3-2-4-6-9/h2-8H,21H2,1H3,(H,22,23,27). The van der Waals surface area contributed by atoms with E-state index < -0.39 is 17.3 Å². The highest BCUT2D eigenvalue weighted by Crippen LogP contribution is 2.36. The van der Waals surface area contributed by atoms with Crippen molar-refractivity contribution >= 4 is 33.3 Å². The van der Waals surface area contributed by atoms with Crippen LogP contribution in [0.25, 0.3) is 21.3 Å². The van der Waals surface area contributed by atoms with Gasteiger partial charge in [0.2, 0.25) is 5.16 Å². The number of benzene rings is 1. The highest BCUT2D eigenvalue weighted by molar-refractivity contribution is 7.99. The molecule has 0 bridgehead atoms. The number of nitrogens with one attached hydrogen (secondary N) is 1. The third-order valence-corrected chi connectivity index (χ3v) is 6.07. The summed E-state index contributed by atoms with van der Waals surface area (Å²) in [5, 5.41) is 8.26. The van der Waals surface area contributed by atoms with Gasteiger partial charge in [-0.15, -0.1) is 21.5 Å². The summed E-state index contributed by atoms with van der Waals surface area (Å²) in [7, 11) is 0. The summed E-state index contributed by atoms with van der Waals surface area (Å²) in [5.41, 5.74) is 1.36. The van der Waals surface area contributed by atoms with Crippen LogP contribution in [0.5, 0.6) is 0 Å². The quantitative estimate of drug-likeness (QED) is 0.371. The molecule has 0 aliphatic rings. The van der Waals surface area contributed by atoms with Crippen molar-refractivity contribution in [2.75, 3.05) is 5.84 Å². The molecular weight excluding hydrogens is 425 g/mol. The summed E-state index contributed by atoms with van der Waals surface area (Å²) in [6.07, 6.45) is -4.71. The van der Waals surface area contributed by atoms with E-state index in [2.05, 4.69) is 20.2 Å². The number of nitrogen functional groups attached to an aromatic ring is 1. The summed E-state index contributed by atoms with van der Waals surface area (Å²) in [6, 6.07) is 9.45. The van der Waals surface area contributed by atoms with Crippen molar-refractivity contribution in [3.8, 4) is 11.1 Å². The number of thiophene rings is 1. The van der Waals surface area contributed by atoms with Crippen LogP contribution in [0.2, 0.25) is 0 Å². The third-order valence-electron chi connectivity index (χ3n) is 4.13. The Labute approximate surface area is 169 Å². The number of aromatic amines is 1. The lowest BCUT2D eigenvalue weighted by atomic mass is 10.1. The molecule has 7 nitrogen and oxygen atoms in total. The maximum atomic E-state index is 12.8. The first-order valence-corrected chi connectivity index (χ1v) is 10.0. The highest BCUT2D eigenvalue weighted by atomic mass is 32.2. The molecule has 0 spiro atoms. The number of fused-ring (bicyclic) bond motifs is 1. The van der Waals surface area contributed by atoms with E-state index in [-0.39, 0.29) is 10.7 Å². The first-order valence-electron chi connectivity index (χ1n) is 8.27. The lowest BCUT2D eigenvalue weighted by molar-refractivity contribution is -0.146. The second kappa shape index (κ2) is 7.19. The van der Waals surface area contributed by atoms with Gasteiger partial charge in [-0.25, -0.2) is 9.66 Å². The molecule has 0 saturated carbocycles. The fourth-order valence-corrected chi connectivity index (χ4v) is 4.54. The molecule has 0 aliphatic carbocycles. The van der Waals surface area contributed by atoms with Gasteiger partial charge in [0.15, 0.2) is 0 Å². The monoisotopic (exact) mass is 438 g/mol. The molecule has 12 heteroatoms. The Hall–Kier alpha value is -2.86. The predicted octanol–water partition coefficient (Wildman–Crippen LogP) is 3.83. The molecule has 0 saturated heterocycles. The number of H-pyrrole nitrogens is 1. The molecule has 0 fully saturated rings. The Balaban J connectivity index is 1.67. The Morgan fingerprint density at radius 2 is 1.97 bits per heavy atom. The minimum atomic E-state index is -4.71. The number of halogens is 3. The van der Waals surface area contributed by atoms with Crippen LogP contribution in [0.15, 0.2) is 45.7 Å². The fourth-order valence-electron chi connectivity index (χ4n) is 2.75. The SMILES string of the molecule is CC(Sc1nnc(C(F)(F)F)n1N)c1nc2scc(-c3ccccc3)c2c(=O)[nH]1. The average Bonchev–Trinajstić information content (AvgIpc) is 3.26. The summed E-state index contributed by atoms with van der Waals surface area (Å²) in [4.78, 5) is 20.5. The molecule has 4 aromatic rings. The minimum Gasteiger partial charge on any atom is -0.335 e. The van der Waals surface area contributed by atoms with Gasteiger partial charge in [-0.05, 0) is 12.5 Å². The van der Waals surface area contributed by atoms with E-state index in [0.717, 1.165) is 22.9 Å². The molecule has 0 radical (unpaired) electrons. The van der Waals surface area contributed by atoms with Gasteiger partial charge < -0.3 is 10.8 Å². The first-order chi connectivity index (χ1) is 13.8. The Morgan fingerprint density at radius 3 is 2.62 bits per heavy atom. The van der Waals surface area contributed by atoms with E-state index in [1.165, 1.54) is 11.3 Å². The number of nitrogens with two attached hydrogens (primary N) is 1. The number of alkyl halides is 3. The third kappa shape index (κ3) is 3.60. The molecule has 0 aliphatic heterocycles. The van der Waals surface area contributed by atoms with Crippen LogP contribution in [0, 0.1) is 0 Å². The zero-order valence-corrected chi connectivity index (χ0v) is 16.4. The van der Waals surface area contributed by atoms with Gasteiger partial charge in [-0.2, -0.15) is 13.2 Å². The topological polar surface area (TPSA) is 102 Å². The number of nitrogens with zero attached hydrogens (tertiary/aromatic N) is 4. The zero-order valence-electron chi connectivity index (χ0n) is 14.8. The van der Waals surface area contributed by atoms with Crippen molar-refractivity contribution in [1.82, 2.24) is 24.8 Å². The molecule has 0 amide bonds. The number of hydrogen-bond acceptors (Lipinski definition) is 7. The van der Waals surface area contributed by atoms with Crippen LogP contribution in [0.3, 0.4) is 0 Å². The molecule has 29 heavy (non-hydrogen) atoms. The second-order valence-electron chi connectivity index (χ2n) is 6.08. The van der Waals surface area contributed by atoms with Crippen LogP contribution in [-0.4, -0.2) is 24.8 Å². The minimum absolute atomic E-state index is 0.135. The van der Waals surface area contributed by atoms with Gasteiger partial charge in [0.25, 0.3) is 11.4 Å². The lowest BCUT2D eigenvalue weighted by Crippen LogP contribution is -2.21. The van der Waals surface area contributed by atoms with E-state index >= 15 is 0 Å². The van der Waals surface area contributed by atoms with E-state index in [9.17, 15) is 18.0 Å². The normalized spacial score (nSPS) is 13.1. The van der Waals surface area contributed by atoms with Crippen LogP contribution in [0.4, 0.5) is 13.2 Å². The predicted molar refractivity (Wildman–Crippen MR) is 105 cm³/mol. The molecule has 4 rings (SSSR count). The first kappa shape index (κ1) is 19.5. The van der Waals surface area contributed by atoms with Crippen LogP contribution in [-0.2, 0) is 6.18 Å². The summed E-state index contributed by atoms with van der Waals surface area (Å²) in [6.45, 7) is 1.68. The zero-order chi connectivity index (χ0) is 20.8. The Morgan fingerprint density at radius 1 is 1.24 bits per heavy atom. The van der Waals surface area contributed by atoms with Crippen molar-refractivity contribution in [1.29, 1.82) is 0 Å². The van der Waals surface area contributed by atoms with Crippen LogP contribution >= 0.6 is 23.1 Å². The molecule has 3 heterocycles. The second-order valence-corrected chi connectivity index (χ2v) is 8.25. The van der Waals surface area contributed by atoms with Crippen molar-refractivity contribution in [2.45, 2.75) is 23.5 Å². The molecule has 150 valence electrons. The van der Waals surface area contributed by atoms with E-state index in [0.29, 0.717) is 20.7 Å². The van der Waals surface area contributed by atoms with Crippen molar-refractivity contribution in [2.24, 2.45) is 0 Å². The molecule has 1 unspecified atom stereocenters. The van der Waals surface area contributed by atoms with E-state index in [1.807, 2.05) is 35.7 Å². The van der Waals surface area contributed by atoms with Gasteiger partial charge in [0, 0.05) is 10.9 Å². The summed E-state index contributed by atoms with van der Waals surface area (Å²) < 4.78 is 38.8. The Bertz CT molecular complexity index is 1230. The van der Waals surface area contributed by atoms with Gasteiger partial charge in [-0.3, -0.25) is 4.79 Å². The summed E-state index contributed by atoms with van der Waals surface area (Å²) >= 11 is 2.24. The van der Waals surface area contributed by atoms with Crippen LogP contribution in [0.1, 0.15) is 23.8 Å². The number of rotatable bonds is 4. The highest BCUT2D eigenvalue weighted by Gasteiger charge is 2.38. The number of thioether (sulfide) groups is 1. The van der Waals surface area contributed by atoms with Crippen molar-refractivity contribution < 1.29 is 13.2 Å². The van der Waals surface area contributed by atoms with Crippen molar-refractivity contribution in [3.63, 3.8) is 0 Å². The molecular formula is C17H13F3N6OS2.